The van der Waals surface area contributed by atoms with Crippen LogP contribution in [0.3, 0.4) is 0 Å². The maximum absolute atomic E-state index is 12.8. The minimum atomic E-state index is -4.34. The highest BCUT2D eigenvalue weighted by Gasteiger charge is 2.32. The summed E-state index contributed by atoms with van der Waals surface area (Å²) in [6.45, 7) is 5.97. The molecule has 2 aliphatic heterocycles. The molecule has 3 nitrogen and oxygen atoms in total. The van der Waals surface area contributed by atoms with Gasteiger partial charge in [0.05, 0.1) is 16.9 Å². The molecule has 0 saturated carbocycles. The predicted octanol–water partition coefficient (Wildman–Crippen LogP) is 5.34. The van der Waals surface area contributed by atoms with E-state index in [1.807, 2.05) is 19.9 Å². The van der Waals surface area contributed by atoms with E-state index in [-0.39, 0.29) is 0 Å². The van der Waals surface area contributed by atoms with Gasteiger partial charge in [-0.2, -0.15) is 25.8 Å². The summed E-state index contributed by atoms with van der Waals surface area (Å²) in [6, 6.07) is 9.40. The topological polar surface area (TPSA) is 28.2 Å². The summed E-state index contributed by atoms with van der Waals surface area (Å²) in [7, 11) is 0. The van der Waals surface area contributed by atoms with Crippen LogP contribution in [-0.2, 0) is 6.18 Å². The summed E-state index contributed by atoms with van der Waals surface area (Å²) in [5, 5.41) is 3.37. The van der Waals surface area contributed by atoms with E-state index in [4.69, 9.17) is 0 Å². The van der Waals surface area contributed by atoms with Gasteiger partial charge in [0.1, 0.15) is 0 Å². The fourth-order valence-corrected chi connectivity index (χ4v) is 3.12. The van der Waals surface area contributed by atoms with Crippen LogP contribution in [0.2, 0.25) is 0 Å². The summed E-state index contributed by atoms with van der Waals surface area (Å²) >= 11 is 3.53. The van der Waals surface area contributed by atoms with Crippen LogP contribution in [0.15, 0.2) is 36.4 Å². The zero-order valence-electron chi connectivity index (χ0n) is 15.1. The second-order valence-corrected chi connectivity index (χ2v) is 5.72. The first-order chi connectivity index (χ1) is 12.5. The molecule has 142 valence electrons. The Morgan fingerprint density at radius 3 is 2.58 bits per heavy atom. The Labute approximate surface area is 158 Å². The number of nitrogens with one attached hydrogen (secondary N) is 1. The molecule has 3 heterocycles. The highest BCUT2D eigenvalue weighted by atomic mass is 32.1. The molecule has 0 radical (unpaired) electrons. The zero-order valence-corrected chi connectivity index (χ0v) is 16.0. The molecule has 0 unspecified atom stereocenters. The number of thiol groups is 1. The Kier molecular flexibility index (Phi) is 6.81. The van der Waals surface area contributed by atoms with Crippen molar-refractivity contribution in [1.29, 1.82) is 0 Å². The molecule has 2 bridgehead atoms. The van der Waals surface area contributed by atoms with Crippen molar-refractivity contribution in [3.8, 4) is 11.3 Å². The molecule has 4 rings (SSSR count). The Morgan fingerprint density at radius 2 is 1.88 bits per heavy atom. The van der Waals surface area contributed by atoms with E-state index in [9.17, 15) is 13.2 Å². The van der Waals surface area contributed by atoms with Gasteiger partial charge in [0.25, 0.3) is 0 Å². The molecule has 0 spiro atoms. The van der Waals surface area contributed by atoms with E-state index < -0.39 is 11.7 Å². The lowest BCUT2D eigenvalue weighted by Crippen LogP contribution is -2.32. The van der Waals surface area contributed by atoms with Crippen LogP contribution >= 0.6 is 12.6 Å². The monoisotopic (exact) mass is 383 g/mol. The van der Waals surface area contributed by atoms with Gasteiger partial charge in [-0.1, -0.05) is 26.0 Å². The highest BCUT2D eigenvalue weighted by Crippen LogP contribution is 2.37. The quantitative estimate of drug-likeness (QED) is 0.651. The van der Waals surface area contributed by atoms with Gasteiger partial charge in [-0.05, 0) is 36.9 Å². The Bertz CT molecular complexity index is 734. The average Bonchev–Trinajstić information content (AvgIpc) is 3.06. The zero-order chi connectivity index (χ0) is 19.3. The van der Waals surface area contributed by atoms with Gasteiger partial charge in [-0.15, -0.1) is 0 Å². The lowest BCUT2D eigenvalue weighted by molar-refractivity contribution is -0.137. The lowest BCUT2D eigenvalue weighted by atomic mass is 10.1. The predicted molar refractivity (Wildman–Crippen MR) is 105 cm³/mol. The lowest BCUT2D eigenvalue weighted by Gasteiger charge is -2.28. The Balaban J connectivity index is 0.000000570. The van der Waals surface area contributed by atoms with Crippen LogP contribution in [0.25, 0.3) is 11.3 Å². The maximum Gasteiger partial charge on any atom is 0.416 e. The van der Waals surface area contributed by atoms with Gasteiger partial charge < -0.3 is 10.2 Å². The molecule has 1 fully saturated rings. The van der Waals surface area contributed by atoms with E-state index in [0.29, 0.717) is 17.3 Å². The van der Waals surface area contributed by atoms with Crippen molar-refractivity contribution in [2.75, 3.05) is 29.6 Å². The SMILES string of the molecule is CC.CS.FC(F)(F)c1cccc(-c2ccc3c(n2)N[C@H]2CCN3C2)c1. The molecule has 0 amide bonds. The molecule has 26 heavy (non-hydrogen) atoms. The first kappa shape index (κ1) is 20.4. The fraction of sp³-hybridized carbons (Fsp3) is 0.421. The summed E-state index contributed by atoms with van der Waals surface area (Å²) in [4.78, 5) is 6.79. The van der Waals surface area contributed by atoms with Gasteiger partial charge in [0.15, 0.2) is 5.82 Å². The minimum Gasteiger partial charge on any atom is -0.366 e. The number of rotatable bonds is 1. The van der Waals surface area contributed by atoms with Gasteiger partial charge >= 0.3 is 6.18 Å². The smallest absolute Gasteiger partial charge is 0.366 e. The molecular weight excluding hydrogens is 359 g/mol. The number of pyridine rings is 1. The average molecular weight is 383 g/mol. The van der Waals surface area contributed by atoms with Gasteiger partial charge in [0, 0.05) is 24.7 Å². The van der Waals surface area contributed by atoms with E-state index in [1.165, 1.54) is 6.07 Å². The minimum absolute atomic E-state index is 0.386. The van der Waals surface area contributed by atoms with Crippen LogP contribution in [-0.4, -0.2) is 30.4 Å². The number of aromatic nitrogens is 1. The molecule has 2 aromatic rings. The van der Waals surface area contributed by atoms with Crippen molar-refractivity contribution < 1.29 is 13.2 Å². The number of alkyl halides is 3. The summed E-state index contributed by atoms with van der Waals surface area (Å²) in [6.07, 6.45) is -1.58. The normalized spacial score (nSPS) is 17.2. The number of fused-ring (bicyclic) bond motifs is 4. The number of nitrogens with zero attached hydrogens (tertiary/aromatic N) is 2. The van der Waals surface area contributed by atoms with E-state index in [1.54, 1.807) is 18.4 Å². The summed E-state index contributed by atoms with van der Waals surface area (Å²) in [5.41, 5.74) is 1.41. The second-order valence-electron chi connectivity index (χ2n) is 5.72. The van der Waals surface area contributed by atoms with Gasteiger partial charge in [0.2, 0.25) is 0 Å². The Hall–Kier alpha value is -1.89. The third-order valence-corrected chi connectivity index (χ3v) is 4.23. The molecule has 1 atom stereocenters. The molecule has 1 aromatic heterocycles. The van der Waals surface area contributed by atoms with Crippen LogP contribution in [0.1, 0.15) is 25.8 Å². The standard InChI is InChI=1S/C16H14F3N3.C2H6.CH4S/c17-16(18,19)11-3-1-2-10(8-11)13-4-5-14-15(21-13)20-12-6-7-22(14)9-12;2*1-2/h1-5,8,12H,6-7,9H2,(H,20,21);1-2H3;2H,1H3/t12-;;/m0../s1. The second kappa shape index (κ2) is 8.66. The molecule has 1 N–H and O–H groups in total. The molecule has 0 aliphatic carbocycles. The fourth-order valence-electron chi connectivity index (χ4n) is 3.12. The first-order valence-electron chi connectivity index (χ1n) is 8.65. The molecular formula is C19H24F3N3S. The molecule has 2 aliphatic rings. The van der Waals surface area contributed by atoms with E-state index in [2.05, 4.69) is 27.8 Å². The van der Waals surface area contributed by atoms with Crippen LogP contribution in [0, 0.1) is 0 Å². The van der Waals surface area contributed by atoms with Crippen molar-refractivity contribution in [2.24, 2.45) is 0 Å². The largest absolute Gasteiger partial charge is 0.416 e. The number of hydrogen-bond acceptors (Lipinski definition) is 4. The van der Waals surface area contributed by atoms with Crippen LogP contribution in [0.4, 0.5) is 24.7 Å². The van der Waals surface area contributed by atoms with Crippen LogP contribution < -0.4 is 10.2 Å². The number of hydrogen-bond donors (Lipinski definition) is 2. The number of anilines is 2. The Morgan fingerprint density at radius 1 is 1.15 bits per heavy atom. The first-order valence-corrected chi connectivity index (χ1v) is 9.55. The van der Waals surface area contributed by atoms with E-state index in [0.717, 1.165) is 43.1 Å². The van der Waals surface area contributed by atoms with Gasteiger partial charge in [-0.3, -0.25) is 0 Å². The number of benzene rings is 1. The number of halogens is 3. The van der Waals surface area contributed by atoms with Gasteiger partial charge in [-0.25, -0.2) is 4.98 Å². The van der Waals surface area contributed by atoms with Crippen molar-refractivity contribution >= 4 is 24.1 Å². The summed E-state index contributed by atoms with van der Waals surface area (Å²) < 4.78 is 38.5. The third kappa shape index (κ3) is 4.26. The summed E-state index contributed by atoms with van der Waals surface area (Å²) in [5.74, 6) is 0.767. The van der Waals surface area contributed by atoms with Crippen molar-refractivity contribution in [3.63, 3.8) is 0 Å². The molecule has 7 heteroatoms. The van der Waals surface area contributed by atoms with Crippen molar-refractivity contribution in [2.45, 2.75) is 32.5 Å². The molecule has 1 saturated heterocycles. The van der Waals surface area contributed by atoms with Crippen molar-refractivity contribution in [3.05, 3.63) is 42.0 Å². The van der Waals surface area contributed by atoms with E-state index >= 15 is 0 Å². The van der Waals surface area contributed by atoms with Crippen molar-refractivity contribution in [1.82, 2.24) is 4.98 Å². The maximum atomic E-state index is 12.8. The highest BCUT2D eigenvalue weighted by molar-refractivity contribution is 7.79. The van der Waals surface area contributed by atoms with Crippen LogP contribution in [0.5, 0.6) is 0 Å². The third-order valence-electron chi connectivity index (χ3n) is 4.23. The molecule has 1 aromatic carbocycles.